The second kappa shape index (κ2) is 3.44. The molecule has 0 aromatic carbocycles. The van der Waals surface area contributed by atoms with Gasteiger partial charge < -0.3 is 4.90 Å². The van der Waals surface area contributed by atoms with E-state index in [9.17, 15) is 4.79 Å². The molecule has 4 nitrogen and oxygen atoms in total. The van der Waals surface area contributed by atoms with Crippen molar-refractivity contribution >= 4 is 5.91 Å². The summed E-state index contributed by atoms with van der Waals surface area (Å²) in [5.41, 5.74) is 0.660. The van der Waals surface area contributed by atoms with Crippen LogP contribution in [0, 0.1) is 5.92 Å². The largest absolute Gasteiger partial charge is 0.340 e. The number of aryl methyl sites for hydroxylation is 1. The number of hydrogen-bond acceptors (Lipinski definition) is 2. The molecule has 0 radical (unpaired) electrons. The lowest BCUT2D eigenvalue weighted by Crippen LogP contribution is -2.30. The maximum absolute atomic E-state index is 11.9. The Balaban J connectivity index is 2.03. The van der Waals surface area contributed by atoms with Crippen molar-refractivity contribution in [3.8, 4) is 0 Å². The van der Waals surface area contributed by atoms with E-state index in [4.69, 9.17) is 0 Å². The summed E-state index contributed by atoms with van der Waals surface area (Å²) in [6.45, 7) is 0.879. The van der Waals surface area contributed by atoms with Crippen molar-refractivity contribution < 1.29 is 4.79 Å². The van der Waals surface area contributed by atoms with Crippen LogP contribution in [0.1, 0.15) is 23.3 Å². The maximum Gasteiger partial charge on any atom is 0.271 e. The Hall–Kier alpha value is -1.32. The Morgan fingerprint density at radius 3 is 2.93 bits per heavy atom. The predicted molar refractivity (Wildman–Crippen MR) is 52.9 cm³/mol. The van der Waals surface area contributed by atoms with Crippen molar-refractivity contribution in [2.45, 2.75) is 12.8 Å². The number of amides is 1. The van der Waals surface area contributed by atoms with Crippen LogP contribution in [0.4, 0.5) is 0 Å². The summed E-state index contributed by atoms with van der Waals surface area (Å²) < 4.78 is 1.62. The van der Waals surface area contributed by atoms with Crippen LogP contribution in [0.3, 0.4) is 0 Å². The van der Waals surface area contributed by atoms with Crippen molar-refractivity contribution in [2.75, 3.05) is 13.6 Å². The molecule has 0 aliphatic heterocycles. The molecule has 1 amide bonds. The molecule has 0 atom stereocenters. The number of carbonyl (C=O) groups excluding carboxylic acids is 1. The average molecular weight is 193 g/mol. The molecule has 0 unspecified atom stereocenters. The van der Waals surface area contributed by atoms with Crippen LogP contribution in [0.2, 0.25) is 0 Å². The SMILES string of the molecule is CN(CC1CC1)C(=O)c1ccnn1C. The second-order valence-corrected chi connectivity index (χ2v) is 3.97. The highest BCUT2D eigenvalue weighted by Gasteiger charge is 2.25. The van der Waals surface area contributed by atoms with Crippen molar-refractivity contribution in [2.24, 2.45) is 13.0 Å². The highest BCUT2D eigenvalue weighted by Crippen LogP contribution is 2.29. The van der Waals surface area contributed by atoms with E-state index in [0.717, 1.165) is 12.5 Å². The van der Waals surface area contributed by atoms with Gasteiger partial charge in [-0.3, -0.25) is 9.48 Å². The van der Waals surface area contributed by atoms with Crippen molar-refractivity contribution in [3.63, 3.8) is 0 Å². The minimum absolute atomic E-state index is 0.0666. The molecule has 1 aromatic heterocycles. The summed E-state index contributed by atoms with van der Waals surface area (Å²) in [6.07, 6.45) is 4.18. The minimum atomic E-state index is 0.0666. The van der Waals surface area contributed by atoms with Gasteiger partial charge in [0.05, 0.1) is 0 Å². The van der Waals surface area contributed by atoms with Gasteiger partial charge in [-0.15, -0.1) is 0 Å². The fourth-order valence-corrected chi connectivity index (χ4v) is 1.55. The van der Waals surface area contributed by atoms with Crippen molar-refractivity contribution in [3.05, 3.63) is 18.0 Å². The normalized spacial score (nSPS) is 15.6. The Morgan fingerprint density at radius 1 is 1.71 bits per heavy atom. The topological polar surface area (TPSA) is 38.1 Å². The molecule has 4 heteroatoms. The summed E-state index contributed by atoms with van der Waals surface area (Å²) in [7, 11) is 3.64. The fraction of sp³-hybridized carbons (Fsp3) is 0.600. The minimum Gasteiger partial charge on any atom is -0.340 e. The standard InChI is InChI=1S/C10H15N3O/c1-12(7-8-3-4-8)10(14)9-5-6-11-13(9)2/h5-6,8H,3-4,7H2,1-2H3. The van der Waals surface area contributed by atoms with E-state index in [1.165, 1.54) is 12.8 Å². The van der Waals surface area contributed by atoms with Crippen molar-refractivity contribution in [1.29, 1.82) is 0 Å². The van der Waals surface area contributed by atoms with Gasteiger partial charge in [0.25, 0.3) is 5.91 Å². The highest BCUT2D eigenvalue weighted by molar-refractivity contribution is 5.92. The smallest absolute Gasteiger partial charge is 0.271 e. The predicted octanol–water partition coefficient (Wildman–Crippen LogP) is 0.902. The van der Waals surface area contributed by atoms with Gasteiger partial charge in [0.1, 0.15) is 5.69 Å². The lowest BCUT2D eigenvalue weighted by molar-refractivity contribution is 0.0778. The fourth-order valence-electron chi connectivity index (χ4n) is 1.55. The third-order valence-corrected chi connectivity index (χ3v) is 2.62. The van der Waals surface area contributed by atoms with Crippen LogP contribution in [0.25, 0.3) is 0 Å². The van der Waals surface area contributed by atoms with E-state index in [-0.39, 0.29) is 5.91 Å². The lowest BCUT2D eigenvalue weighted by Gasteiger charge is -2.16. The zero-order chi connectivity index (χ0) is 10.1. The monoisotopic (exact) mass is 193 g/mol. The van der Waals surface area contributed by atoms with Gasteiger partial charge in [0, 0.05) is 26.8 Å². The van der Waals surface area contributed by atoms with E-state index in [0.29, 0.717) is 5.69 Å². The molecule has 1 saturated carbocycles. The molecule has 0 saturated heterocycles. The third kappa shape index (κ3) is 1.78. The number of rotatable bonds is 3. The summed E-state index contributed by atoms with van der Waals surface area (Å²) >= 11 is 0. The van der Waals surface area contributed by atoms with E-state index < -0.39 is 0 Å². The first-order valence-electron chi connectivity index (χ1n) is 4.92. The molecule has 76 valence electrons. The second-order valence-electron chi connectivity index (χ2n) is 3.97. The van der Waals surface area contributed by atoms with E-state index in [1.807, 2.05) is 7.05 Å². The molecule has 1 fully saturated rings. The number of nitrogens with zero attached hydrogens (tertiary/aromatic N) is 3. The molecule has 14 heavy (non-hydrogen) atoms. The molecule has 1 aliphatic carbocycles. The molecule has 0 spiro atoms. The van der Waals surface area contributed by atoms with Gasteiger partial charge in [-0.2, -0.15) is 5.10 Å². The van der Waals surface area contributed by atoms with Gasteiger partial charge >= 0.3 is 0 Å². The van der Waals surface area contributed by atoms with Gasteiger partial charge in [-0.25, -0.2) is 0 Å². The summed E-state index contributed by atoms with van der Waals surface area (Å²) in [5.74, 6) is 0.800. The Morgan fingerprint density at radius 2 is 2.43 bits per heavy atom. The maximum atomic E-state index is 11.9. The first kappa shape index (κ1) is 9.24. The van der Waals surface area contributed by atoms with Crippen LogP contribution in [0.15, 0.2) is 12.3 Å². The Bertz CT molecular complexity index is 341. The van der Waals surface area contributed by atoms with Crippen LogP contribution < -0.4 is 0 Å². The van der Waals surface area contributed by atoms with Crippen LogP contribution >= 0.6 is 0 Å². The van der Waals surface area contributed by atoms with Gasteiger partial charge in [-0.05, 0) is 24.8 Å². The summed E-state index contributed by atoms with van der Waals surface area (Å²) in [5, 5.41) is 3.98. The highest BCUT2D eigenvalue weighted by atomic mass is 16.2. The molecular weight excluding hydrogens is 178 g/mol. The molecule has 1 aliphatic rings. The quantitative estimate of drug-likeness (QED) is 0.715. The third-order valence-electron chi connectivity index (χ3n) is 2.62. The summed E-state index contributed by atoms with van der Waals surface area (Å²) in [6, 6.07) is 1.76. The number of aromatic nitrogens is 2. The number of carbonyl (C=O) groups is 1. The van der Waals surface area contributed by atoms with Crippen LogP contribution in [0.5, 0.6) is 0 Å². The molecule has 0 bridgehead atoms. The van der Waals surface area contributed by atoms with Gasteiger partial charge in [0.2, 0.25) is 0 Å². The van der Waals surface area contributed by atoms with Crippen LogP contribution in [-0.4, -0.2) is 34.2 Å². The molecule has 2 rings (SSSR count). The van der Waals surface area contributed by atoms with Gasteiger partial charge in [0.15, 0.2) is 0 Å². The van der Waals surface area contributed by atoms with E-state index in [2.05, 4.69) is 5.10 Å². The molecule has 1 heterocycles. The lowest BCUT2D eigenvalue weighted by atomic mass is 10.3. The first-order chi connectivity index (χ1) is 6.68. The zero-order valence-electron chi connectivity index (χ0n) is 8.60. The van der Waals surface area contributed by atoms with Crippen LogP contribution in [-0.2, 0) is 7.05 Å². The molecular formula is C10H15N3O. The average Bonchev–Trinajstić information content (AvgIpc) is 2.86. The Kier molecular flexibility index (Phi) is 2.27. The van der Waals surface area contributed by atoms with Crippen molar-refractivity contribution in [1.82, 2.24) is 14.7 Å². The number of hydrogen-bond donors (Lipinski definition) is 0. The molecule has 1 aromatic rings. The zero-order valence-corrected chi connectivity index (χ0v) is 8.60. The Labute approximate surface area is 83.5 Å². The first-order valence-corrected chi connectivity index (χ1v) is 4.92. The molecule has 0 N–H and O–H groups in total. The van der Waals surface area contributed by atoms with E-state index in [1.54, 1.807) is 28.9 Å². The van der Waals surface area contributed by atoms with Gasteiger partial charge in [-0.1, -0.05) is 0 Å². The van der Waals surface area contributed by atoms with E-state index >= 15 is 0 Å². The summed E-state index contributed by atoms with van der Waals surface area (Å²) in [4.78, 5) is 13.6.